The number of aryl methyl sites for hydroxylation is 1. The van der Waals surface area contributed by atoms with Gasteiger partial charge in [0.15, 0.2) is 0 Å². The minimum absolute atomic E-state index is 0.0125. The van der Waals surface area contributed by atoms with Crippen LogP contribution in [0.3, 0.4) is 0 Å². The Morgan fingerprint density at radius 1 is 0.400 bits per heavy atom. The summed E-state index contributed by atoms with van der Waals surface area (Å²) in [6, 6.07) is 70.7. The number of anilines is 9. The molecule has 9 aromatic carbocycles. The molecule has 4 fully saturated rings. The highest BCUT2D eigenvalue weighted by Gasteiger charge is 2.31. The molecule has 2 saturated carbocycles. The van der Waals surface area contributed by atoms with Crippen LogP contribution in [-0.2, 0) is 6.54 Å². The molecule has 14 N–H and O–H groups in total. The van der Waals surface area contributed by atoms with Gasteiger partial charge in [0.05, 0.1) is 12.8 Å². The Balaban J connectivity index is 0.000000234. The van der Waals surface area contributed by atoms with Crippen molar-refractivity contribution < 1.29 is 52.0 Å². The van der Waals surface area contributed by atoms with Crippen molar-refractivity contribution in [3.05, 3.63) is 292 Å². The first kappa shape index (κ1) is 109. The molecule has 135 heavy (non-hydrogen) atoms. The predicted molar refractivity (Wildman–Crippen MR) is 550 cm³/mol. The molecule has 3 unspecified atom stereocenters. The van der Waals surface area contributed by atoms with Gasteiger partial charge in [0.1, 0.15) is 11.9 Å². The van der Waals surface area contributed by atoms with Crippen LogP contribution >= 0.6 is 0 Å². The summed E-state index contributed by atoms with van der Waals surface area (Å²) >= 11 is 0. The Morgan fingerprint density at radius 2 is 0.778 bits per heavy atom. The highest BCUT2D eigenvalue weighted by molar-refractivity contribution is 6.00. The molecule has 2 aliphatic heterocycles. The molecule has 1 aromatic heterocycles. The average molecular weight is 1850 g/mol. The second-order valence-corrected chi connectivity index (χ2v) is 32.6. The van der Waals surface area contributed by atoms with E-state index in [1.165, 1.54) is 13.3 Å². The Hall–Kier alpha value is -14.4. The summed E-state index contributed by atoms with van der Waals surface area (Å²) in [4.78, 5) is 114. The van der Waals surface area contributed by atoms with Crippen LogP contribution in [0.5, 0.6) is 0 Å². The fourth-order valence-electron chi connectivity index (χ4n) is 13.8. The number of piperidine rings is 1. The quantitative estimate of drug-likeness (QED) is 0.0227. The number of alkyl halides is 1. The average Bonchev–Trinajstić information content (AvgIpc) is 1.82. The largest absolute Gasteiger partial charge is 0.467 e. The van der Waals surface area contributed by atoms with Crippen LogP contribution in [0, 0.1) is 6.92 Å². The lowest BCUT2D eigenvalue weighted by molar-refractivity contribution is 0.0606. The molecular weight excluding hydrogens is 1700 g/mol. The van der Waals surface area contributed by atoms with Crippen molar-refractivity contribution in [1.82, 2.24) is 46.2 Å². The Kier molecular flexibility index (Phi) is 48.0. The SMILES string of the molecule is CCC(C)NC(=O)c1cccc(NC)c1.CCC1CCCCN1C(=O)c1cccc(NC)c1.CNC(=O)c1cc(C)cc(NC)c1.CNC(=O)c1cccc(NC)c1.CNc1cccc(C(=O)N(C)C2CC2)c1.CNc1cccc(C(=O)N(C)Cc2ccco2)c1.CNc1cccc(C(=O)N2CCCC2)c1.CNc1cccc(C(=O)NC2CC2)c1.CNc1cccc(C(=O)NCC(C)F)c1. The summed E-state index contributed by atoms with van der Waals surface area (Å²) in [7, 11) is 23.4. The summed E-state index contributed by atoms with van der Waals surface area (Å²) < 4.78 is 17.7. The molecular formula is C106H143FN18O10. The molecule has 2 saturated heterocycles. The zero-order chi connectivity index (χ0) is 98.7. The van der Waals surface area contributed by atoms with E-state index in [-0.39, 0.29) is 65.8 Å². The molecule has 0 bridgehead atoms. The topological polar surface area (TPSA) is 348 Å². The number of hydrogen-bond acceptors (Lipinski definition) is 19. The van der Waals surface area contributed by atoms with E-state index in [1.807, 2.05) is 281 Å². The first-order valence-corrected chi connectivity index (χ1v) is 46.2. The molecule has 4 aliphatic rings. The van der Waals surface area contributed by atoms with Crippen LogP contribution in [0.15, 0.2) is 235 Å². The van der Waals surface area contributed by atoms with Crippen LogP contribution < -0.4 is 74.4 Å². The Morgan fingerprint density at radius 3 is 1.18 bits per heavy atom. The van der Waals surface area contributed by atoms with Crippen LogP contribution in [-0.4, -0.2) is 221 Å². The molecule has 0 radical (unpaired) electrons. The molecule has 29 heteroatoms. The van der Waals surface area contributed by atoms with Gasteiger partial charge in [-0.15, -0.1) is 0 Å². The van der Waals surface area contributed by atoms with Crippen molar-refractivity contribution >= 4 is 104 Å². The van der Waals surface area contributed by atoms with Crippen molar-refractivity contribution in [2.24, 2.45) is 0 Å². The second-order valence-electron chi connectivity index (χ2n) is 32.6. The van der Waals surface area contributed by atoms with Gasteiger partial charge >= 0.3 is 0 Å². The van der Waals surface area contributed by atoms with E-state index in [1.54, 1.807) is 69.7 Å². The summed E-state index contributed by atoms with van der Waals surface area (Å²) in [6.45, 7) is 12.8. The fourth-order valence-corrected chi connectivity index (χ4v) is 13.8. The van der Waals surface area contributed by atoms with E-state index in [2.05, 4.69) is 93.2 Å². The van der Waals surface area contributed by atoms with Crippen LogP contribution in [0.4, 0.5) is 55.6 Å². The van der Waals surface area contributed by atoms with Crippen molar-refractivity contribution in [3.63, 3.8) is 0 Å². The van der Waals surface area contributed by atoms with Gasteiger partial charge in [-0.25, -0.2) is 4.39 Å². The third kappa shape index (κ3) is 38.4. The molecule has 9 amide bonds. The van der Waals surface area contributed by atoms with Crippen LogP contribution in [0.1, 0.15) is 203 Å². The minimum atomic E-state index is -1.03. The molecule has 14 rings (SSSR count). The number of furan rings is 1. The maximum Gasteiger partial charge on any atom is 0.254 e. The fraction of sp³-hybridized carbons (Fsp3) is 0.368. The van der Waals surface area contributed by atoms with Crippen LogP contribution in [0.2, 0.25) is 0 Å². The number of nitrogens with one attached hydrogen (secondary N) is 14. The highest BCUT2D eigenvalue weighted by Crippen LogP contribution is 2.29. The van der Waals surface area contributed by atoms with E-state index in [9.17, 15) is 47.5 Å². The number of rotatable bonds is 27. The Labute approximate surface area is 798 Å². The van der Waals surface area contributed by atoms with E-state index < -0.39 is 6.17 Å². The Bertz CT molecular complexity index is 5290. The first-order chi connectivity index (χ1) is 65.0. The smallest absolute Gasteiger partial charge is 0.254 e. The van der Waals surface area contributed by atoms with Gasteiger partial charge < -0.3 is 98.5 Å². The zero-order valence-electron chi connectivity index (χ0n) is 81.9. The van der Waals surface area contributed by atoms with Gasteiger partial charge in [-0.1, -0.05) is 62.4 Å². The number of benzene rings is 9. The van der Waals surface area contributed by atoms with Crippen molar-refractivity contribution in [3.8, 4) is 0 Å². The number of halogens is 1. The molecule has 2 aliphatic carbocycles. The summed E-state index contributed by atoms with van der Waals surface area (Å²) in [5.74, 6) is 0.854. The van der Waals surface area contributed by atoms with E-state index >= 15 is 0 Å². The summed E-state index contributed by atoms with van der Waals surface area (Å²) in [5, 5.41) is 40.7. The summed E-state index contributed by atoms with van der Waals surface area (Å²) in [6.07, 6.45) is 12.9. The number of carbonyl (C=O) groups is 9. The van der Waals surface area contributed by atoms with Gasteiger partial charge in [0.2, 0.25) is 0 Å². The lowest BCUT2D eigenvalue weighted by Crippen LogP contribution is -2.43. The minimum Gasteiger partial charge on any atom is -0.467 e. The molecule has 724 valence electrons. The molecule has 3 atom stereocenters. The first-order valence-electron chi connectivity index (χ1n) is 46.2. The van der Waals surface area contributed by atoms with Gasteiger partial charge in [0.25, 0.3) is 53.2 Å². The second kappa shape index (κ2) is 59.2. The van der Waals surface area contributed by atoms with E-state index in [0.29, 0.717) is 52.5 Å². The maximum absolute atomic E-state index is 12.5. The van der Waals surface area contributed by atoms with E-state index in [0.717, 1.165) is 169 Å². The monoisotopic (exact) mass is 1850 g/mol. The highest BCUT2D eigenvalue weighted by atomic mass is 19.1. The molecule has 3 heterocycles. The third-order valence-corrected chi connectivity index (χ3v) is 22.3. The third-order valence-electron chi connectivity index (χ3n) is 22.3. The molecule has 28 nitrogen and oxygen atoms in total. The van der Waals surface area contributed by atoms with E-state index in [4.69, 9.17) is 4.42 Å². The number of carbonyl (C=O) groups excluding carboxylic acids is 9. The van der Waals surface area contributed by atoms with Gasteiger partial charge in [-0.3, -0.25) is 43.2 Å². The van der Waals surface area contributed by atoms with Gasteiger partial charge in [-0.2, -0.15) is 0 Å². The lowest BCUT2D eigenvalue weighted by atomic mass is 9.99. The number of likely N-dealkylation sites (tertiary alicyclic amines) is 2. The van der Waals surface area contributed by atoms with Gasteiger partial charge in [-0.05, 0) is 273 Å². The van der Waals surface area contributed by atoms with Crippen LogP contribution in [0.25, 0.3) is 0 Å². The van der Waals surface area contributed by atoms with Crippen molar-refractivity contribution in [2.45, 2.75) is 142 Å². The maximum atomic E-state index is 12.5. The number of amides is 9. The lowest BCUT2D eigenvalue weighted by Gasteiger charge is -2.35. The van der Waals surface area contributed by atoms with Crippen molar-refractivity contribution in [2.75, 3.05) is 166 Å². The standard InChI is InChI=1S/C15H22N2O.C14H16N2O2.2C12H16N2O.C12H18N2O.C11H15FN2O.C11H14N2O.C10H14N2O.C9H12N2O/c1-3-14-9-4-5-10-17(14)15(18)12-7-6-8-13(11-12)16-2;1-15-12-6-3-5-11(9-12)14(17)16(2)10-13-7-4-8-18-13;1-13-10-5-3-4-9(8-10)12(15)14(2)11-6-7-11;1-13-11-6-4-5-10(9-11)12(15)14-7-2-3-8-14;1-4-9(2)14-12(15)10-6-5-7-11(8-10)13-3;1-8(12)7-14-11(15)9-4-3-5-10(6-9)13-2;1-12-10-4-2-3-8(7-10)11(14)13-9-5-6-9;1-7-4-8(10(13)12-3)6-9(5-7)11-2;1-10-8-5-3-4-7(6-8)9(12)11-2/h6-8,11,14,16H,3-5,9-10H2,1-2H3;3-9,15H,10H2,1-2H3;3-5,8,11,13H,6-7H2,1-2H3;4-6,9,13H,2-3,7-8H2,1H3;5-9,13H,4H2,1-3H3,(H,14,15);3-6,8,13H,7H2,1-2H3,(H,14,15);2-4,7,9,12H,5-6H2,1H3,(H,13,14);4-6,11H,1-3H3,(H,12,13);3-6,10H,1-2H3,(H,11,12). The van der Waals surface area contributed by atoms with Crippen molar-refractivity contribution in [1.29, 1.82) is 0 Å². The summed E-state index contributed by atoms with van der Waals surface area (Å²) in [5.41, 5.74) is 15.9. The molecule has 0 spiro atoms. The number of hydrogen-bond donors (Lipinski definition) is 14. The molecule has 10 aromatic rings. The normalized spacial score (nSPS) is 13.3. The van der Waals surface area contributed by atoms with Gasteiger partial charge in [0, 0.05) is 243 Å². The zero-order valence-corrected chi connectivity index (χ0v) is 81.9. The number of nitrogens with zero attached hydrogens (tertiary/aromatic N) is 4. The predicted octanol–water partition coefficient (Wildman–Crippen LogP) is 17.8.